The van der Waals surface area contributed by atoms with Crippen molar-refractivity contribution in [3.63, 3.8) is 0 Å². The largest absolute Gasteiger partial charge is 0.468 e. The third kappa shape index (κ3) is 3.51. The highest BCUT2D eigenvalue weighted by Gasteiger charge is 2.57. The third-order valence-corrected chi connectivity index (χ3v) is 5.97. The van der Waals surface area contributed by atoms with Crippen LogP contribution in [0.1, 0.15) is 22.8 Å². The number of carbonyl (C=O) groups excluding carboxylic acids is 1. The Bertz CT molecular complexity index is 980. The lowest BCUT2D eigenvalue weighted by molar-refractivity contribution is -0.173. The van der Waals surface area contributed by atoms with E-state index in [-0.39, 0.29) is 11.8 Å². The maximum absolute atomic E-state index is 13.8. The molecule has 5 heterocycles. The molecule has 0 saturated carbocycles. The summed E-state index contributed by atoms with van der Waals surface area (Å²) in [7, 11) is 0. The molecule has 2 fully saturated rings. The lowest BCUT2D eigenvalue weighted by Gasteiger charge is -2.42. The van der Waals surface area contributed by atoms with E-state index in [1.807, 2.05) is 53.7 Å². The molecule has 2 aliphatic heterocycles. The van der Waals surface area contributed by atoms with Gasteiger partial charge >= 0.3 is 0 Å². The van der Waals surface area contributed by atoms with Gasteiger partial charge in [0.1, 0.15) is 5.76 Å². The van der Waals surface area contributed by atoms with Crippen LogP contribution in [0, 0.1) is 0 Å². The van der Waals surface area contributed by atoms with E-state index >= 15 is 0 Å². The van der Waals surface area contributed by atoms with Gasteiger partial charge in [0, 0.05) is 56.9 Å². The SMILES string of the molecule is O=C1N(Cc2cccnc2)CCO[C@]12CN(Cc1ccco1)C[C@@H]2c1cccnc1. The summed E-state index contributed by atoms with van der Waals surface area (Å²) >= 11 is 0. The molecule has 154 valence electrons. The summed E-state index contributed by atoms with van der Waals surface area (Å²) in [5.41, 5.74) is 1.12. The molecule has 30 heavy (non-hydrogen) atoms. The van der Waals surface area contributed by atoms with Gasteiger partial charge in [-0.2, -0.15) is 0 Å². The van der Waals surface area contributed by atoms with Crippen molar-refractivity contribution in [2.75, 3.05) is 26.2 Å². The Morgan fingerprint density at radius 3 is 2.67 bits per heavy atom. The summed E-state index contributed by atoms with van der Waals surface area (Å²) in [6.45, 7) is 3.50. The van der Waals surface area contributed by atoms with Crippen molar-refractivity contribution in [1.82, 2.24) is 19.8 Å². The molecule has 0 aliphatic carbocycles. The molecule has 3 aromatic rings. The molecule has 2 atom stereocenters. The highest BCUT2D eigenvalue weighted by Crippen LogP contribution is 2.42. The highest BCUT2D eigenvalue weighted by atomic mass is 16.5. The van der Waals surface area contributed by atoms with Crippen LogP contribution in [0.15, 0.2) is 71.9 Å². The van der Waals surface area contributed by atoms with Gasteiger partial charge in [0.15, 0.2) is 5.60 Å². The van der Waals surface area contributed by atoms with Crippen LogP contribution in [-0.2, 0) is 22.6 Å². The Labute approximate surface area is 175 Å². The van der Waals surface area contributed by atoms with Crippen LogP contribution in [0.25, 0.3) is 0 Å². The zero-order valence-corrected chi connectivity index (χ0v) is 16.7. The van der Waals surface area contributed by atoms with Gasteiger partial charge in [0.25, 0.3) is 5.91 Å². The number of hydrogen-bond donors (Lipinski definition) is 0. The molecule has 1 amide bonds. The molecule has 5 rings (SSSR count). The van der Waals surface area contributed by atoms with E-state index in [2.05, 4.69) is 14.9 Å². The molecular formula is C23H24N4O3. The third-order valence-electron chi connectivity index (χ3n) is 5.97. The molecule has 2 aliphatic rings. The summed E-state index contributed by atoms with van der Waals surface area (Å²) in [6, 6.07) is 11.7. The number of nitrogens with zero attached hydrogens (tertiary/aromatic N) is 4. The van der Waals surface area contributed by atoms with Crippen molar-refractivity contribution < 1.29 is 13.9 Å². The van der Waals surface area contributed by atoms with Crippen LogP contribution in [-0.4, -0.2) is 57.5 Å². The fourth-order valence-electron chi connectivity index (χ4n) is 4.61. The Balaban J connectivity index is 1.45. The normalized spacial score (nSPS) is 24.6. The summed E-state index contributed by atoms with van der Waals surface area (Å²) < 4.78 is 11.9. The summed E-state index contributed by atoms with van der Waals surface area (Å²) in [4.78, 5) is 26.4. The van der Waals surface area contributed by atoms with Crippen LogP contribution < -0.4 is 0 Å². The Morgan fingerprint density at radius 2 is 1.93 bits per heavy atom. The van der Waals surface area contributed by atoms with Gasteiger partial charge in [0.2, 0.25) is 0 Å². The summed E-state index contributed by atoms with van der Waals surface area (Å²) in [6.07, 6.45) is 8.83. The Morgan fingerprint density at radius 1 is 1.07 bits per heavy atom. The minimum absolute atomic E-state index is 0.0356. The van der Waals surface area contributed by atoms with Crippen molar-refractivity contribution in [2.24, 2.45) is 0 Å². The molecule has 2 saturated heterocycles. The molecule has 3 aromatic heterocycles. The first-order valence-corrected chi connectivity index (χ1v) is 10.2. The zero-order chi connectivity index (χ0) is 20.4. The standard InChI is InChI=1S/C23H24N4O3/c28-22-23(30-11-9-27(22)14-18-4-1-7-24-12-18)17-26(15-20-6-3-10-29-20)16-21(23)19-5-2-8-25-13-19/h1-8,10,12-13,21H,9,11,14-17H2/t21-,23+/m1/s1. The number of amides is 1. The molecule has 0 aromatic carbocycles. The Kier molecular flexibility index (Phi) is 5.06. The molecule has 7 nitrogen and oxygen atoms in total. The van der Waals surface area contributed by atoms with E-state index in [0.29, 0.717) is 39.3 Å². The van der Waals surface area contributed by atoms with E-state index in [9.17, 15) is 4.79 Å². The average molecular weight is 404 g/mol. The van der Waals surface area contributed by atoms with Crippen LogP contribution in [0.2, 0.25) is 0 Å². The highest BCUT2D eigenvalue weighted by molar-refractivity contribution is 5.88. The minimum atomic E-state index is -0.921. The second kappa shape index (κ2) is 8.01. The maximum Gasteiger partial charge on any atom is 0.257 e. The molecule has 0 unspecified atom stereocenters. The molecule has 1 spiro atoms. The summed E-state index contributed by atoms with van der Waals surface area (Å²) in [5.74, 6) is 0.825. The number of morpholine rings is 1. The second-order valence-electron chi connectivity index (χ2n) is 7.91. The predicted molar refractivity (Wildman–Crippen MR) is 109 cm³/mol. The van der Waals surface area contributed by atoms with Crippen molar-refractivity contribution in [3.05, 3.63) is 84.3 Å². The number of carbonyl (C=O) groups is 1. The van der Waals surface area contributed by atoms with Gasteiger partial charge in [-0.05, 0) is 35.4 Å². The molecule has 7 heteroatoms. The van der Waals surface area contributed by atoms with Crippen molar-refractivity contribution >= 4 is 5.91 Å². The van der Waals surface area contributed by atoms with Gasteiger partial charge in [-0.15, -0.1) is 0 Å². The van der Waals surface area contributed by atoms with Crippen molar-refractivity contribution in [1.29, 1.82) is 0 Å². The van der Waals surface area contributed by atoms with Gasteiger partial charge in [-0.3, -0.25) is 19.7 Å². The molecular weight excluding hydrogens is 380 g/mol. The number of furan rings is 1. The molecule has 0 radical (unpaired) electrons. The first kappa shape index (κ1) is 19.0. The fourth-order valence-corrected chi connectivity index (χ4v) is 4.61. The van der Waals surface area contributed by atoms with E-state index in [4.69, 9.17) is 9.15 Å². The number of aromatic nitrogens is 2. The zero-order valence-electron chi connectivity index (χ0n) is 16.7. The van der Waals surface area contributed by atoms with E-state index < -0.39 is 5.60 Å². The minimum Gasteiger partial charge on any atom is -0.468 e. The predicted octanol–water partition coefficient (Wildman–Crippen LogP) is 2.47. The Hall–Kier alpha value is -3.03. The van der Waals surface area contributed by atoms with E-state index in [1.54, 1.807) is 18.7 Å². The van der Waals surface area contributed by atoms with E-state index in [1.165, 1.54) is 0 Å². The fraction of sp³-hybridized carbons (Fsp3) is 0.348. The van der Waals surface area contributed by atoms with Crippen LogP contribution in [0.5, 0.6) is 0 Å². The van der Waals surface area contributed by atoms with Crippen molar-refractivity contribution in [3.8, 4) is 0 Å². The topological polar surface area (TPSA) is 71.7 Å². The van der Waals surface area contributed by atoms with Crippen molar-refractivity contribution in [2.45, 2.75) is 24.6 Å². The monoisotopic (exact) mass is 404 g/mol. The van der Waals surface area contributed by atoms with Gasteiger partial charge in [0.05, 0.1) is 19.4 Å². The van der Waals surface area contributed by atoms with Crippen LogP contribution in [0.3, 0.4) is 0 Å². The first-order chi connectivity index (χ1) is 14.7. The van der Waals surface area contributed by atoms with E-state index in [0.717, 1.165) is 16.9 Å². The smallest absolute Gasteiger partial charge is 0.257 e. The lowest BCUT2D eigenvalue weighted by atomic mass is 9.83. The van der Waals surface area contributed by atoms with Crippen LogP contribution in [0.4, 0.5) is 0 Å². The maximum atomic E-state index is 13.8. The quantitative estimate of drug-likeness (QED) is 0.651. The van der Waals surface area contributed by atoms with Gasteiger partial charge in [-0.25, -0.2) is 0 Å². The molecule has 0 bridgehead atoms. The number of pyridine rings is 2. The number of likely N-dealkylation sites (tertiary alicyclic amines) is 1. The van der Waals surface area contributed by atoms with Gasteiger partial charge in [-0.1, -0.05) is 12.1 Å². The van der Waals surface area contributed by atoms with Crippen LogP contribution >= 0.6 is 0 Å². The number of hydrogen-bond acceptors (Lipinski definition) is 6. The first-order valence-electron chi connectivity index (χ1n) is 10.2. The second-order valence-corrected chi connectivity index (χ2v) is 7.91. The van der Waals surface area contributed by atoms with Gasteiger partial charge < -0.3 is 14.1 Å². The lowest BCUT2D eigenvalue weighted by Crippen LogP contribution is -2.59. The summed E-state index contributed by atoms with van der Waals surface area (Å²) in [5, 5.41) is 0. The average Bonchev–Trinajstić information content (AvgIpc) is 3.42. The molecule has 0 N–H and O–H groups in total. The number of rotatable bonds is 5. The number of ether oxygens (including phenoxy) is 1.